The van der Waals surface area contributed by atoms with Gasteiger partial charge in [-0.1, -0.05) is 13.0 Å². The molecule has 2 N–H and O–H groups in total. The number of aryl methyl sites for hydroxylation is 1. The minimum atomic E-state index is -0.226. The molecule has 6 nitrogen and oxygen atoms in total. The topological polar surface area (TPSA) is 66.4 Å². The number of benzene rings is 1. The van der Waals surface area contributed by atoms with Crippen LogP contribution in [0.2, 0.25) is 0 Å². The van der Waals surface area contributed by atoms with Gasteiger partial charge in [-0.2, -0.15) is 0 Å². The van der Waals surface area contributed by atoms with Crippen LogP contribution < -0.4 is 10.6 Å². The third-order valence-corrected chi connectivity index (χ3v) is 4.46. The van der Waals surface area contributed by atoms with Crippen LogP contribution in [0.1, 0.15) is 26.2 Å². The monoisotopic (exact) mass is 328 g/mol. The number of anilines is 1. The van der Waals surface area contributed by atoms with Crippen molar-refractivity contribution in [3.8, 4) is 0 Å². The van der Waals surface area contributed by atoms with Crippen LogP contribution in [-0.4, -0.2) is 41.0 Å². The van der Waals surface area contributed by atoms with E-state index in [9.17, 15) is 9.59 Å². The van der Waals surface area contributed by atoms with E-state index in [0.29, 0.717) is 19.4 Å². The van der Waals surface area contributed by atoms with E-state index < -0.39 is 0 Å². The maximum atomic E-state index is 12.2. The van der Waals surface area contributed by atoms with Crippen molar-refractivity contribution in [3.05, 3.63) is 30.5 Å². The van der Waals surface area contributed by atoms with Gasteiger partial charge in [-0.3, -0.25) is 4.79 Å². The van der Waals surface area contributed by atoms with Gasteiger partial charge in [-0.15, -0.1) is 0 Å². The molecule has 0 radical (unpaired) electrons. The molecular weight excluding hydrogens is 304 g/mol. The van der Waals surface area contributed by atoms with Crippen LogP contribution in [-0.2, 0) is 11.3 Å². The first-order valence-electron chi connectivity index (χ1n) is 8.47. The number of piperidine rings is 1. The molecule has 1 aliphatic rings. The number of carbonyl (C=O) groups is 2. The van der Waals surface area contributed by atoms with Gasteiger partial charge < -0.3 is 20.1 Å². The summed E-state index contributed by atoms with van der Waals surface area (Å²) in [5.41, 5.74) is 1.90. The first-order chi connectivity index (χ1) is 11.6. The van der Waals surface area contributed by atoms with Crippen LogP contribution in [0.25, 0.3) is 10.9 Å². The van der Waals surface area contributed by atoms with Gasteiger partial charge in [0.15, 0.2) is 0 Å². The summed E-state index contributed by atoms with van der Waals surface area (Å²) in [6.07, 6.45) is 4.32. The maximum Gasteiger partial charge on any atom is 0.319 e. The molecule has 2 aromatic rings. The zero-order valence-corrected chi connectivity index (χ0v) is 14.2. The Hall–Kier alpha value is -2.50. The standard InChI is InChI=1S/C18H24N4O2/c1-3-9-22-10-8-13-4-5-14(11-16(13)22)19-18(24)20-15-6-7-17(23)21(2)12-15/h4-5,8,10-11,15H,3,6-7,9,12H2,1-2H3,(H2,19,20,24)/t15-/m1/s1. The molecule has 3 amide bonds. The van der Waals surface area contributed by atoms with Crippen molar-refractivity contribution in [2.75, 3.05) is 18.9 Å². The molecule has 1 aliphatic heterocycles. The van der Waals surface area contributed by atoms with E-state index in [-0.39, 0.29) is 18.0 Å². The van der Waals surface area contributed by atoms with Gasteiger partial charge in [-0.25, -0.2) is 4.79 Å². The van der Waals surface area contributed by atoms with Crippen LogP contribution in [0.3, 0.4) is 0 Å². The van der Waals surface area contributed by atoms with E-state index in [2.05, 4.69) is 34.4 Å². The summed E-state index contributed by atoms with van der Waals surface area (Å²) in [7, 11) is 1.77. The molecule has 3 rings (SSSR count). The van der Waals surface area contributed by atoms with Gasteiger partial charge in [0.1, 0.15) is 0 Å². The average molecular weight is 328 g/mol. The summed E-state index contributed by atoms with van der Waals surface area (Å²) in [6, 6.07) is 7.79. The molecule has 0 bridgehead atoms. The fraction of sp³-hybridized carbons (Fsp3) is 0.444. The van der Waals surface area contributed by atoms with Gasteiger partial charge in [-0.05, 0) is 36.4 Å². The highest BCUT2D eigenvalue weighted by Crippen LogP contribution is 2.21. The number of amides is 3. The molecule has 1 fully saturated rings. The first-order valence-corrected chi connectivity index (χ1v) is 8.47. The lowest BCUT2D eigenvalue weighted by Gasteiger charge is -2.30. The van der Waals surface area contributed by atoms with Gasteiger partial charge >= 0.3 is 6.03 Å². The van der Waals surface area contributed by atoms with Crippen molar-refractivity contribution in [2.45, 2.75) is 38.8 Å². The summed E-state index contributed by atoms with van der Waals surface area (Å²) in [5.74, 6) is 0.135. The molecule has 1 atom stereocenters. The van der Waals surface area contributed by atoms with Crippen molar-refractivity contribution >= 4 is 28.5 Å². The number of hydrogen-bond acceptors (Lipinski definition) is 2. The van der Waals surface area contributed by atoms with E-state index in [4.69, 9.17) is 0 Å². The van der Waals surface area contributed by atoms with Gasteiger partial charge in [0, 0.05) is 44.5 Å². The van der Waals surface area contributed by atoms with Crippen molar-refractivity contribution in [3.63, 3.8) is 0 Å². The molecule has 128 valence electrons. The number of fused-ring (bicyclic) bond motifs is 1. The lowest BCUT2D eigenvalue weighted by atomic mass is 10.1. The Bertz CT molecular complexity index is 753. The largest absolute Gasteiger partial charge is 0.347 e. The highest BCUT2D eigenvalue weighted by atomic mass is 16.2. The average Bonchev–Trinajstić information content (AvgIpc) is 2.94. The summed E-state index contributed by atoms with van der Waals surface area (Å²) >= 11 is 0. The predicted octanol–water partition coefficient (Wildman–Crippen LogP) is 2.79. The fourth-order valence-electron chi connectivity index (χ4n) is 3.18. The number of rotatable bonds is 4. The Labute approximate surface area is 141 Å². The number of urea groups is 1. The van der Waals surface area contributed by atoms with Gasteiger partial charge in [0.2, 0.25) is 5.91 Å². The molecule has 0 spiro atoms. The molecule has 24 heavy (non-hydrogen) atoms. The minimum absolute atomic E-state index is 0.000355. The summed E-state index contributed by atoms with van der Waals surface area (Å²) in [5, 5.41) is 7.02. The van der Waals surface area contributed by atoms with E-state index in [1.807, 2.05) is 18.2 Å². The zero-order valence-electron chi connectivity index (χ0n) is 14.2. The molecule has 0 unspecified atom stereocenters. The minimum Gasteiger partial charge on any atom is -0.347 e. The Morgan fingerprint density at radius 1 is 1.33 bits per heavy atom. The van der Waals surface area contributed by atoms with E-state index in [1.54, 1.807) is 11.9 Å². The molecule has 2 heterocycles. The molecule has 1 saturated heterocycles. The summed E-state index contributed by atoms with van der Waals surface area (Å²) in [6.45, 7) is 3.67. The molecule has 1 aromatic heterocycles. The number of hydrogen-bond donors (Lipinski definition) is 2. The van der Waals surface area contributed by atoms with E-state index in [0.717, 1.165) is 24.2 Å². The summed E-state index contributed by atoms with van der Waals surface area (Å²) in [4.78, 5) is 25.4. The quantitative estimate of drug-likeness (QED) is 0.906. The van der Waals surface area contributed by atoms with Gasteiger partial charge in [0.05, 0.1) is 5.52 Å². The van der Waals surface area contributed by atoms with Crippen LogP contribution in [0, 0.1) is 0 Å². The number of nitrogens with one attached hydrogen (secondary N) is 2. The number of nitrogens with zero attached hydrogens (tertiary/aromatic N) is 2. The first kappa shape index (κ1) is 16.4. The normalized spacial score (nSPS) is 18.0. The van der Waals surface area contributed by atoms with Crippen molar-refractivity contribution in [1.29, 1.82) is 0 Å². The Morgan fingerprint density at radius 2 is 2.17 bits per heavy atom. The van der Waals surface area contributed by atoms with Crippen molar-refractivity contribution < 1.29 is 9.59 Å². The Morgan fingerprint density at radius 3 is 2.92 bits per heavy atom. The lowest BCUT2D eigenvalue weighted by molar-refractivity contribution is -0.132. The van der Waals surface area contributed by atoms with Crippen LogP contribution in [0.5, 0.6) is 0 Å². The number of likely N-dealkylation sites (N-methyl/N-ethyl adjacent to an activating group) is 1. The third kappa shape index (κ3) is 3.53. The third-order valence-electron chi connectivity index (χ3n) is 4.46. The molecule has 0 aliphatic carbocycles. The lowest BCUT2D eigenvalue weighted by Crippen LogP contribution is -2.49. The molecule has 6 heteroatoms. The second-order valence-corrected chi connectivity index (χ2v) is 6.39. The number of aromatic nitrogens is 1. The van der Waals surface area contributed by atoms with Crippen LogP contribution in [0.4, 0.5) is 10.5 Å². The summed E-state index contributed by atoms with van der Waals surface area (Å²) < 4.78 is 2.19. The maximum absolute atomic E-state index is 12.2. The highest BCUT2D eigenvalue weighted by Gasteiger charge is 2.23. The van der Waals surface area contributed by atoms with E-state index >= 15 is 0 Å². The zero-order chi connectivity index (χ0) is 17.1. The Kier molecular flexibility index (Phi) is 4.74. The molecule has 1 aromatic carbocycles. The SMILES string of the molecule is CCCn1ccc2ccc(NC(=O)N[C@@H]3CCC(=O)N(C)C3)cc21. The van der Waals surface area contributed by atoms with Crippen LogP contribution >= 0.6 is 0 Å². The molecular formula is C18H24N4O2. The fourth-order valence-corrected chi connectivity index (χ4v) is 3.18. The number of likely N-dealkylation sites (tertiary alicyclic amines) is 1. The van der Waals surface area contributed by atoms with Crippen molar-refractivity contribution in [2.24, 2.45) is 0 Å². The van der Waals surface area contributed by atoms with Crippen molar-refractivity contribution in [1.82, 2.24) is 14.8 Å². The Balaban J connectivity index is 1.64. The van der Waals surface area contributed by atoms with Crippen LogP contribution in [0.15, 0.2) is 30.5 Å². The predicted molar refractivity (Wildman–Crippen MR) is 95.0 cm³/mol. The highest BCUT2D eigenvalue weighted by molar-refractivity contribution is 5.93. The van der Waals surface area contributed by atoms with Gasteiger partial charge in [0.25, 0.3) is 0 Å². The second kappa shape index (κ2) is 6.95. The second-order valence-electron chi connectivity index (χ2n) is 6.39. The van der Waals surface area contributed by atoms with E-state index in [1.165, 1.54) is 5.39 Å². The smallest absolute Gasteiger partial charge is 0.319 e. The number of carbonyl (C=O) groups excluding carboxylic acids is 2. The molecule has 0 saturated carbocycles.